The molecule has 0 aliphatic carbocycles. The van der Waals surface area contributed by atoms with Gasteiger partial charge in [-0.1, -0.05) is 23.7 Å². The number of aromatic nitrogens is 2. The molecule has 4 aromatic rings. The Morgan fingerprint density at radius 1 is 1.32 bits per heavy atom. The highest BCUT2D eigenvalue weighted by Crippen LogP contribution is 2.33. The molecule has 4 rings (SSSR count). The van der Waals surface area contributed by atoms with Crippen molar-refractivity contribution in [1.82, 2.24) is 9.55 Å². The number of rotatable bonds is 3. The molecule has 0 spiro atoms. The van der Waals surface area contributed by atoms with Gasteiger partial charge in [-0.05, 0) is 30.3 Å². The number of hydrogen-bond donors (Lipinski definition) is 1. The summed E-state index contributed by atoms with van der Waals surface area (Å²) >= 11 is 6.37. The SMILES string of the molecule is COC(=O)c1c(N)c(C#N)cn1-c1cc(-c2nc3ccccc3o2)ccc1Cl. The summed E-state index contributed by atoms with van der Waals surface area (Å²) < 4.78 is 12.0. The topological polar surface area (TPSA) is 107 Å². The number of anilines is 1. The van der Waals surface area contributed by atoms with Crippen LogP contribution in [0, 0.1) is 11.3 Å². The fourth-order valence-electron chi connectivity index (χ4n) is 2.93. The van der Waals surface area contributed by atoms with Crippen molar-refractivity contribution < 1.29 is 13.9 Å². The second kappa shape index (κ2) is 6.76. The largest absolute Gasteiger partial charge is 0.464 e. The van der Waals surface area contributed by atoms with E-state index in [9.17, 15) is 10.1 Å². The van der Waals surface area contributed by atoms with E-state index in [0.29, 0.717) is 27.7 Å². The number of halogens is 1. The average molecular weight is 393 g/mol. The maximum Gasteiger partial charge on any atom is 0.357 e. The Morgan fingerprint density at radius 2 is 2.11 bits per heavy atom. The second-order valence-electron chi connectivity index (χ2n) is 5.93. The summed E-state index contributed by atoms with van der Waals surface area (Å²) in [6, 6.07) is 14.5. The lowest BCUT2D eigenvalue weighted by atomic mass is 10.2. The number of nitrogen functional groups attached to an aromatic ring is 1. The summed E-state index contributed by atoms with van der Waals surface area (Å²) in [5.41, 5.74) is 8.62. The van der Waals surface area contributed by atoms with Crippen molar-refractivity contribution in [1.29, 1.82) is 5.26 Å². The summed E-state index contributed by atoms with van der Waals surface area (Å²) in [6.07, 6.45) is 1.44. The van der Waals surface area contributed by atoms with E-state index in [4.69, 9.17) is 26.5 Å². The van der Waals surface area contributed by atoms with E-state index in [1.807, 2.05) is 30.3 Å². The summed E-state index contributed by atoms with van der Waals surface area (Å²) in [5, 5.41) is 9.64. The van der Waals surface area contributed by atoms with Gasteiger partial charge in [0.25, 0.3) is 0 Å². The lowest BCUT2D eigenvalue weighted by molar-refractivity contribution is 0.0593. The van der Waals surface area contributed by atoms with Crippen molar-refractivity contribution in [3.8, 4) is 23.2 Å². The molecule has 7 nitrogen and oxygen atoms in total. The number of carbonyl (C=O) groups is 1. The molecule has 0 fully saturated rings. The number of carbonyl (C=O) groups excluding carboxylic acids is 1. The predicted molar refractivity (Wildman–Crippen MR) is 104 cm³/mol. The number of hydrogen-bond acceptors (Lipinski definition) is 6. The molecule has 0 saturated heterocycles. The molecule has 0 saturated carbocycles. The number of nitrogens with two attached hydrogens (primary N) is 1. The fourth-order valence-corrected chi connectivity index (χ4v) is 3.14. The molecule has 2 aromatic heterocycles. The maximum absolute atomic E-state index is 12.2. The first-order valence-corrected chi connectivity index (χ1v) is 8.56. The molecule has 0 aliphatic rings. The van der Waals surface area contributed by atoms with Crippen LogP contribution in [0.4, 0.5) is 5.69 Å². The highest BCUT2D eigenvalue weighted by Gasteiger charge is 2.23. The van der Waals surface area contributed by atoms with Gasteiger partial charge in [0.15, 0.2) is 11.3 Å². The number of esters is 1. The standard InChI is InChI=1S/C20H13ClN4O3/c1-27-20(26)18-17(23)12(9-22)10-25(18)15-8-11(6-7-13(15)21)19-24-14-4-2-3-5-16(14)28-19/h2-8,10H,23H2,1H3. The highest BCUT2D eigenvalue weighted by molar-refractivity contribution is 6.32. The normalized spacial score (nSPS) is 10.8. The number of methoxy groups -OCH3 is 1. The molecule has 2 N–H and O–H groups in total. The van der Waals surface area contributed by atoms with Gasteiger partial charge in [0.2, 0.25) is 5.89 Å². The molecular weight excluding hydrogens is 380 g/mol. The summed E-state index contributed by atoms with van der Waals surface area (Å²) in [5.74, 6) is -0.276. The molecule has 2 heterocycles. The van der Waals surface area contributed by atoms with E-state index >= 15 is 0 Å². The Balaban J connectivity index is 1.91. The van der Waals surface area contributed by atoms with Gasteiger partial charge in [0.05, 0.1) is 29.1 Å². The average Bonchev–Trinajstić information content (AvgIpc) is 3.28. The molecule has 28 heavy (non-hydrogen) atoms. The minimum atomic E-state index is -0.678. The minimum absolute atomic E-state index is 0.0238. The lowest BCUT2D eigenvalue weighted by Gasteiger charge is -2.11. The minimum Gasteiger partial charge on any atom is -0.464 e. The van der Waals surface area contributed by atoms with Crippen LogP contribution in [-0.4, -0.2) is 22.6 Å². The number of nitriles is 1. The highest BCUT2D eigenvalue weighted by atomic mass is 35.5. The van der Waals surface area contributed by atoms with Gasteiger partial charge in [-0.2, -0.15) is 5.26 Å². The third-order valence-electron chi connectivity index (χ3n) is 4.29. The molecule has 0 aliphatic heterocycles. The van der Waals surface area contributed by atoms with Crippen molar-refractivity contribution in [2.24, 2.45) is 0 Å². The first-order valence-electron chi connectivity index (χ1n) is 8.18. The third kappa shape index (κ3) is 2.76. The second-order valence-corrected chi connectivity index (χ2v) is 6.34. The van der Waals surface area contributed by atoms with Crippen LogP contribution in [0.1, 0.15) is 16.1 Å². The van der Waals surface area contributed by atoms with Crippen molar-refractivity contribution in [3.05, 3.63) is 64.9 Å². The Labute approximate surface area is 164 Å². The predicted octanol–water partition coefficient (Wildman–Crippen LogP) is 4.18. The molecule has 8 heteroatoms. The molecule has 0 unspecified atom stereocenters. The van der Waals surface area contributed by atoms with Gasteiger partial charge in [-0.15, -0.1) is 0 Å². The van der Waals surface area contributed by atoms with Gasteiger partial charge in [0.1, 0.15) is 11.6 Å². The van der Waals surface area contributed by atoms with E-state index in [2.05, 4.69) is 4.98 Å². The molecule has 0 atom stereocenters. The summed E-state index contributed by atoms with van der Waals surface area (Å²) in [4.78, 5) is 16.7. The van der Waals surface area contributed by atoms with Crippen LogP contribution in [0.25, 0.3) is 28.2 Å². The summed E-state index contributed by atoms with van der Waals surface area (Å²) in [7, 11) is 1.24. The Bertz CT molecular complexity index is 1230. The zero-order chi connectivity index (χ0) is 19.8. The zero-order valence-electron chi connectivity index (χ0n) is 14.6. The smallest absolute Gasteiger partial charge is 0.357 e. The molecule has 2 aromatic carbocycles. The molecule has 0 amide bonds. The third-order valence-corrected chi connectivity index (χ3v) is 4.61. The van der Waals surface area contributed by atoms with Crippen molar-refractivity contribution in [2.45, 2.75) is 0 Å². The van der Waals surface area contributed by atoms with Crippen molar-refractivity contribution in [3.63, 3.8) is 0 Å². The van der Waals surface area contributed by atoms with Gasteiger partial charge in [-0.25, -0.2) is 9.78 Å². The Morgan fingerprint density at radius 3 is 2.82 bits per heavy atom. The molecule has 0 bridgehead atoms. The Hall–Kier alpha value is -3.76. The van der Waals surface area contributed by atoms with Crippen LogP contribution >= 0.6 is 11.6 Å². The van der Waals surface area contributed by atoms with Gasteiger partial charge in [-0.3, -0.25) is 0 Å². The van der Waals surface area contributed by atoms with E-state index in [1.54, 1.807) is 18.2 Å². The summed E-state index contributed by atoms with van der Waals surface area (Å²) in [6.45, 7) is 0. The van der Waals surface area contributed by atoms with Crippen LogP contribution in [0.5, 0.6) is 0 Å². The Kier molecular flexibility index (Phi) is 4.26. The number of nitrogens with zero attached hydrogens (tertiary/aromatic N) is 3. The quantitative estimate of drug-likeness (QED) is 0.524. The van der Waals surface area contributed by atoms with E-state index in [1.165, 1.54) is 17.9 Å². The number of oxazole rings is 1. The maximum atomic E-state index is 12.2. The van der Waals surface area contributed by atoms with Crippen molar-refractivity contribution in [2.75, 3.05) is 12.8 Å². The number of para-hydroxylation sites is 2. The van der Waals surface area contributed by atoms with Crippen LogP contribution < -0.4 is 5.73 Å². The first kappa shape index (κ1) is 17.6. The number of fused-ring (bicyclic) bond motifs is 1. The van der Waals surface area contributed by atoms with Crippen LogP contribution in [0.2, 0.25) is 5.02 Å². The number of benzene rings is 2. The number of ether oxygens (including phenoxy) is 1. The molecule has 138 valence electrons. The zero-order valence-corrected chi connectivity index (χ0v) is 15.4. The van der Waals surface area contributed by atoms with E-state index in [0.717, 1.165) is 5.52 Å². The van der Waals surface area contributed by atoms with E-state index in [-0.39, 0.29) is 16.9 Å². The fraction of sp³-hybridized carbons (Fsp3) is 0.0500. The first-order chi connectivity index (χ1) is 13.5. The van der Waals surface area contributed by atoms with E-state index < -0.39 is 5.97 Å². The van der Waals surface area contributed by atoms with Crippen molar-refractivity contribution >= 4 is 34.4 Å². The monoisotopic (exact) mass is 392 g/mol. The van der Waals surface area contributed by atoms with Gasteiger partial charge < -0.3 is 19.5 Å². The van der Waals surface area contributed by atoms with Crippen LogP contribution in [0.15, 0.2) is 53.1 Å². The van der Waals surface area contributed by atoms with Crippen LogP contribution in [0.3, 0.4) is 0 Å². The van der Waals surface area contributed by atoms with Crippen LogP contribution in [-0.2, 0) is 4.74 Å². The molecular formula is C20H13ClN4O3. The lowest BCUT2D eigenvalue weighted by Crippen LogP contribution is -2.11. The van der Waals surface area contributed by atoms with Gasteiger partial charge >= 0.3 is 5.97 Å². The molecule has 0 radical (unpaired) electrons. The van der Waals surface area contributed by atoms with Gasteiger partial charge in [0, 0.05) is 11.8 Å².